The summed E-state index contributed by atoms with van der Waals surface area (Å²) in [5, 5.41) is 0. The quantitative estimate of drug-likeness (QED) is 0.583. The molecule has 0 fully saturated rings. The fourth-order valence-electron chi connectivity index (χ4n) is 3.24. The van der Waals surface area contributed by atoms with Crippen molar-refractivity contribution in [3.8, 4) is 11.4 Å². The molecule has 0 radical (unpaired) electrons. The molecule has 4 aromatic rings. The number of nitrogen functional groups attached to an aromatic ring is 1. The van der Waals surface area contributed by atoms with Gasteiger partial charge in [0.05, 0.1) is 16.6 Å². The van der Waals surface area contributed by atoms with Crippen LogP contribution in [0.1, 0.15) is 16.8 Å². The van der Waals surface area contributed by atoms with Crippen LogP contribution in [0.5, 0.6) is 0 Å². The summed E-state index contributed by atoms with van der Waals surface area (Å²) in [6, 6.07) is 14.4. The van der Waals surface area contributed by atoms with Crippen LogP contribution in [-0.4, -0.2) is 14.5 Å². The van der Waals surface area contributed by atoms with Crippen molar-refractivity contribution in [2.45, 2.75) is 20.4 Å². The smallest absolute Gasteiger partial charge is 0.142 e. The molecule has 4 rings (SSSR count). The van der Waals surface area contributed by atoms with Gasteiger partial charge in [-0.3, -0.25) is 0 Å². The fraction of sp³-hybridized carbons (Fsp3) is 0.150. The molecule has 2 aromatic carbocycles. The Morgan fingerprint density at radius 2 is 1.80 bits per heavy atom. The van der Waals surface area contributed by atoms with Gasteiger partial charge in [-0.2, -0.15) is 0 Å². The summed E-state index contributed by atoms with van der Waals surface area (Å²) < 4.78 is 15.2. The average molecular weight is 334 g/mol. The molecule has 4 nitrogen and oxygen atoms in total. The van der Waals surface area contributed by atoms with Crippen LogP contribution < -0.4 is 5.73 Å². The van der Waals surface area contributed by atoms with E-state index in [1.807, 2.05) is 35.8 Å². The molecule has 126 valence electrons. The fourth-order valence-corrected chi connectivity index (χ4v) is 3.24. The standard InChI is InChI=1S/C20H19FN4/c1-12-13(2)25(11-14-7-9-15(21)10-8-14)19(22)18(12)20-23-16-5-3-4-6-17(16)24-20/h3-10H,11,22H2,1-2H3,(H,23,24). The number of hydrogen-bond acceptors (Lipinski definition) is 2. The van der Waals surface area contributed by atoms with Crippen LogP contribution in [0.4, 0.5) is 10.2 Å². The van der Waals surface area contributed by atoms with E-state index in [0.29, 0.717) is 12.4 Å². The van der Waals surface area contributed by atoms with Crippen molar-refractivity contribution in [2.75, 3.05) is 5.73 Å². The number of aromatic nitrogens is 3. The zero-order chi connectivity index (χ0) is 17.6. The molecular weight excluding hydrogens is 315 g/mol. The first-order valence-corrected chi connectivity index (χ1v) is 8.19. The lowest BCUT2D eigenvalue weighted by atomic mass is 10.1. The minimum atomic E-state index is -0.236. The summed E-state index contributed by atoms with van der Waals surface area (Å²) in [6.45, 7) is 4.69. The van der Waals surface area contributed by atoms with Crippen LogP contribution in [0, 0.1) is 19.7 Å². The van der Waals surface area contributed by atoms with Crippen molar-refractivity contribution in [3.05, 3.63) is 71.2 Å². The molecule has 0 spiro atoms. The number of halogens is 1. The molecule has 2 heterocycles. The number of imidazole rings is 1. The molecule has 0 aliphatic rings. The third-order valence-corrected chi connectivity index (χ3v) is 4.75. The molecule has 0 bridgehead atoms. The van der Waals surface area contributed by atoms with Gasteiger partial charge in [0.1, 0.15) is 17.5 Å². The maximum atomic E-state index is 13.1. The number of fused-ring (bicyclic) bond motifs is 1. The summed E-state index contributed by atoms with van der Waals surface area (Å²) in [5.74, 6) is 1.20. The van der Waals surface area contributed by atoms with Gasteiger partial charge in [0, 0.05) is 12.2 Å². The van der Waals surface area contributed by atoms with Crippen molar-refractivity contribution in [1.82, 2.24) is 14.5 Å². The van der Waals surface area contributed by atoms with Crippen LogP contribution in [0.15, 0.2) is 48.5 Å². The molecule has 0 aliphatic carbocycles. The van der Waals surface area contributed by atoms with E-state index in [-0.39, 0.29) is 5.82 Å². The number of benzene rings is 2. The summed E-state index contributed by atoms with van der Waals surface area (Å²) >= 11 is 0. The van der Waals surface area contributed by atoms with Crippen molar-refractivity contribution in [3.63, 3.8) is 0 Å². The second-order valence-corrected chi connectivity index (χ2v) is 6.29. The van der Waals surface area contributed by atoms with E-state index in [9.17, 15) is 4.39 Å². The number of H-pyrrole nitrogens is 1. The van der Waals surface area contributed by atoms with E-state index in [1.54, 1.807) is 12.1 Å². The second-order valence-electron chi connectivity index (χ2n) is 6.29. The largest absolute Gasteiger partial charge is 0.384 e. The molecule has 25 heavy (non-hydrogen) atoms. The number of aromatic amines is 1. The van der Waals surface area contributed by atoms with Crippen molar-refractivity contribution < 1.29 is 4.39 Å². The Morgan fingerprint density at radius 3 is 2.52 bits per heavy atom. The summed E-state index contributed by atoms with van der Waals surface area (Å²) in [5.41, 5.74) is 12.5. The third-order valence-electron chi connectivity index (χ3n) is 4.75. The van der Waals surface area contributed by atoms with E-state index in [1.165, 1.54) is 12.1 Å². The monoisotopic (exact) mass is 334 g/mol. The van der Waals surface area contributed by atoms with Crippen LogP contribution in [0.25, 0.3) is 22.4 Å². The lowest BCUT2D eigenvalue weighted by Gasteiger charge is -2.09. The van der Waals surface area contributed by atoms with E-state index in [0.717, 1.165) is 39.2 Å². The molecule has 0 atom stereocenters. The van der Waals surface area contributed by atoms with E-state index in [2.05, 4.69) is 16.9 Å². The maximum absolute atomic E-state index is 13.1. The zero-order valence-corrected chi connectivity index (χ0v) is 14.2. The SMILES string of the molecule is Cc1c(-c2nc3ccccc3[nH]2)c(N)n(Cc2ccc(F)cc2)c1C. The van der Waals surface area contributed by atoms with Gasteiger partial charge in [-0.25, -0.2) is 9.37 Å². The predicted molar refractivity (Wildman–Crippen MR) is 98.9 cm³/mol. The molecule has 0 saturated heterocycles. The van der Waals surface area contributed by atoms with Crippen LogP contribution in [0.2, 0.25) is 0 Å². The van der Waals surface area contributed by atoms with Gasteiger partial charge in [-0.05, 0) is 49.2 Å². The van der Waals surface area contributed by atoms with Crippen molar-refractivity contribution >= 4 is 16.9 Å². The second kappa shape index (κ2) is 5.77. The lowest BCUT2D eigenvalue weighted by molar-refractivity contribution is 0.626. The number of para-hydroxylation sites is 2. The number of nitrogens with one attached hydrogen (secondary N) is 1. The number of nitrogens with zero attached hydrogens (tertiary/aromatic N) is 2. The molecule has 3 N–H and O–H groups in total. The van der Waals surface area contributed by atoms with Gasteiger partial charge in [0.25, 0.3) is 0 Å². The van der Waals surface area contributed by atoms with Gasteiger partial charge >= 0.3 is 0 Å². The maximum Gasteiger partial charge on any atom is 0.142 e. The number of anilines is 1. The summed E-state index contributed by atoms with van der Waals surface area (Å²) in [6.07, 6.45) is 0. The summed E-state index contributed by atoms with van der Waals surface area (Å²) in [7, 11) is 0. The molecule has 0 saturated carbocycles. The predicted octanol–water partition coefficient (Wildman–Crippen LogP) is 4.42. The highest BCUT2D eigenvalue weighted by Crippen LogP contribution is 2.34. The zero-order valence-electron chi connectivity index (χ0n) is 14.2. The van der Waals surface area contributed by atoms with Gasteiger partial charge in [-0.1, -0.05) is 24.3 Å². The molecule has 2 aromatic heterocycles. The van der Waals surface area contributed by atoms with Gasteiger partial charge in [0.2, 0.25) is 0 Å². The normalized spacial score (nSPS) is 11.3. The Morgan fingerprint density at radius 1 is 1.08 bits per heavy atom. The van der Waals surface area contributed by atoms with Crippen LogP contribution in [0.3, 0.4) is 0 Å². The van der Waals surface area contributed by atoms with Crippen molar-refractivity contribution in [1.29, 1.82) is 0 Å². The Labute approximate surface area is 145 Å². The van der Waals surface area contributed by atoms with Crippen LogP contribution in [-0.2, 0) is 6.54 Å². The average Bonchev–Trinajstić information content (AvgIpc) is 3.11. The molecule has 5 heteroatoms. The molecule has 0 amide bonds. The number of rotatable bonds is 3. The lowest BCUT2D eigenvalue weighted by Crippen LogP contribution is -2.06. The minimum Gasteiger partial charge on any atom is -0.384 e. The third kappa shape index (κ3) is 2.58. The number of hydrogen-bond donors (Lipinski definition) is 2. The Hall–Kier alpha value is -3.08. The Bertz CT molecular complexity index is 1020. The van der Waals surface area contributed by atoms with Gasteiger partial charge in [-0.15, -0.1) is 0 Å². The highest BCUT2D eigenvalue weighted by Gasteiger charge is 2.19. The van der Waals surface area contributed by atoms with E-state index < -0.39 is 0 Å². The first-order chi connectivity index (χ1) is 12.0. The Balaban J connectivity index is 1.80. The molecular formula is C20H19FN4. The van der Waals surface area contributed by atoms with Crippen LogP contribution >= 0.6 is 0 Å². The topological polar surface area (TPSA) is 59.6 Å². The first kappa shape index (κ1) is 15.4. The highest BCUT2D eigenvalue weighted by molar-refractivity contribution is 5.83. The Kier molecular flexibility index (Phi) is 3.57. The van der Waals surface area contributed by atoms with E-state index >= 15 is 0 Å². The minimum absolute atomic E-state index is 0.236. The summed E-state index contributed by atoms with van der Waals surface area (Å²) in [4.78, 5) is 8.03. The molecule has 0 aliphatic heterocycles. The first-order valence-electron chi connectivity index (χ1n) is 8.19. The van der Waals surface area contributed by atoms with E-state index in [4.69, 9.17) is 5.73 Å². The highest BCUT2D eigenvalue weighted by atomic mass is 19.1. The van der Waals surface area contributed by atoms with Gasteiger partial charge < -0.3 is 15.3 Å². The number of nitrogens with two attached hydrogens (primary N) is 1. The molecule has 0 unspecified atom stereocenters. The van der Waals surface area contributed by atoms with Crippen molar-refractivity contribution in [2.24, 2.45) is 0 Å². The van der Waals surface area contributed by atoms with Gasteiger partial charge in [0.15, 0.2) is 0 Å².